The van der Waals surface area contributed by atoms with Crippen molar-refractivity contribution in [2.24, 2.45) is 0 Å². The Kier molecular flexibility index (Phi) is 7.00. The topological polar surface area (TPSA) is 47.6 Å². The molecule has 1 N–H and O–H groups in total. The number of benzene rings is 2. The van der Waals surface area contributed by atoms with Crippen molar-refractivity contribution < 1.29 is 14.3 Å². The van der Waals surface area contributed by atoms with Crippen LogP contribution in [0.5, 0.6) is 11.5 Å². The molecule has 0 unspecified atom stereocenters. The molecule has 1 amide bonds. The number of carbonyl (C=O) groups excluding carboxylic acids is 1. The molecule has 0 aromatic heterocycles. The molecule has 0 fully saturated rings. The van der Waals surface area contributed by atoms with Crippen molar-refractivity contribution in [2.45, 2.75) is 24.8 Å². The second kappa shape index (κ2) is 9.23. The van der Waals surface area contributed by atoms with E-state index < -0.39 is 0 Å². The van der Waals surface area contributed by atoms with Crippen LogP contribution < -0.4 is 14.8 Å². The third-order valence-electron chi connectivity index (χ3n) is 3.19. The second-order valence-corrected chi connectivity index (χ2v) is 6.62. The fourth-order valence-electron chi connectivity index (χ4n) is 2.11. The van der Waals surface area contributed by atoms with Gasteiger partial charge in [-0.05, 0) is 44.2 Å². The lowest BCUT2D eigenvalue weighted by atomic mass is 10.2. The number of thioether (sulfide) groups is 1. The Morgan fingerprint density at radius 2 is 1.88 bits per heavy atom. The van der Waals surface area contributed by atoms with Gasteiger partial charge in [-0.1, -0.05) is 18.2 Å². The van der Waals surface area contributed by atoms with Crippen LogP contribution in [0.3, 0.4) is 0 Å². The van der Waals surface area contributed by atoms with Crippen LogP contribution in [0.25, 0.3) is 0 Å². The van der Waals surface area contributed by atoms with Crippen LogP contribution in [-0.2, 0) is 0 Å². The highest BCUT2D eigenvalue weighted by molar-refractivity contribution is 7.99. The van der Waals surface area contributed by atoms with E-state index in [1.807, 2.05) is 32.0 Å². The van der Waals surface area contributed by atoms with Crippen LogP contribution >= 0.6 is 11.8 Å². The van der Waals surface area contributed by atoms with E-state index >= 15 is 0 Å². The predicted molar refractivity (Wildman–Crippen MR) is 98.3 cm³/mol. The second-order valence-electron chi connectivity index (χ2n) is 5.45. The molecule has 0 bridgehead atoms. The van der Waals surface area contributed by atoms with E-state index in [1.54, 1.807) is 37.1 Å². The summed E-state index contributed by atoms with van der Waals surface area (Å²) in [5.74, 6) is 1.92. The minimum atomic E-state index is -0.113. The summed E-state index contributed by atoms with van der Waals surface area (Å²) in [6, 6.07) is 15.4. The van der Waals surface area contributed by atoms with Gasteiger partial charge in [-0.3, -0.25) is 4.79 Å². The van der Waals surface area contributed by atoms with Crippen LogP contribution in [0.4, 0.5) is 0 Å². The average molecular weight is 345 g/mol. The summed E-state index contributed by atoms with van der Waals surface area (Å²) < 4.78 is 11.0. The van der Waals surface area contributed by atoms with Gasteiger partial charge in [0.25, 0.3) is 5.91 Å². The predicted octanol–water partition coefficient (Wildman–Crippen LogP) is 4.00. The van der Waals surface area contributed by atoms with Crippen molar-refractivity contribution >= 4 is 17.7 Å². The van der Waals surface area contributed by atoms with E-state index in [-0.39, 0.29) is 12.0 Å². The van der Waals surface area contributed by atoms with Gasteiger partial charge in [0.05, 0.1) is 13.2 Å². The molecule has 2 aromatic carbocycles. The molecule has 0 radical (unpaired) electrons. The van der Waals surface area contributed by atoms with Crippen molar-refractivity contribution in [2.75, 3.05) is 19.4 Å². The number of nitrogens with one attached hydrogen (secondary N) is 1. The first-order valence-electron chi connectivity index (χ1n) is 7.91. The van der Waals surface area contributed by atoms with E-state index in [0.29, 0.717) is 23.6 Å². The number of carbonyl (C=O) groups is 1. The molecule has 0 aliphatic heterocycles. The Balaban J connectivity index is 1.87. The quantitative estimate of drug-likeness (QED) is 0.580. The number of ether oxygens (including phenoxy) is 2. The maximum absolute atomic E-state index is 12.2. The van der Waals surface area contributed by atoms with Gasteiger partial charge < -0.3 is 14.8 Å². The summed E-state index contributed by atoms with van der Waals surface area (Å²) in [5, 5.41) is 2.92. The van der Waals surface area contributed by atoms with Crippen LogP contribution in [0, 0.1) is 0 Å². The standard InChI is InChI=1S/C19H23NO3S/c1-14(2)23-17-10-9-15(13-18(17)22-3)19(21)20-11-12-24-16-7-5-4-6-8-16/h4-10,13-14H,11-12H2,1-3H3,(H,20,21). The third kappa shape index (κ3) is 5.49. The highest BCUT2D eigenvalue weighted by atomic mass is 32.2. The third-order valence-corrected chi connectivity index (χ3v) is 4.20. The van der Waals surface area contributed by atoms with Crippen molar-refractivity contribution in [3.8, 4) is 11.5 Å². The van der Waals surface area contributed by atoms with Crippen molar-refractivity contribution in [1.29, 1.82) is 0 Å². The fourth-order valence-corrected chi connectivity index (χ4v) is 2.90. The Hall–Kier alpha value is -2.14. The van der Waals surface area contributed by atoms with Crippen molar-refractivity contribution in [1.82, 2.24) is 5.32 Å². The van der Waals surface area contributed by atoms with Gasteiger partial charge in [0.2, 0.25) is 0 Å². The Labute approximate surface area is 147 Å². The first-order valence-corrected chi connectivity index (χ1v) is 8.89. The summed E-state index contributed by atoms with van der Waals surface area (Å²) in [5.41, 5.74) is 0.563. The molecule has 4 nitrogen and oxygen atoms in total. The van der Waals surface area contributed by atoms with Crippen molar-refractivity contribution in [3.63, 3.8) is 0 Å². The Morgan fingerprint density at radius 1 is 1.12 bits per heavy atom. The van der Waals surface area contributed by atoms with E-state index in [1.165, 1.54) is 4.90 Å². The molecular formula is C19H23NO3S. The first kappa shape index (κ1) is 18.2. The lowest BCUT2D eigenvalue weighted by Crippen LogP contribution is -2.25. The zero-order chi connectivity index (χ0) is 17.4. The molecule has 0 saturated carbocycles. The molecule has 0 heterocycles. The Morgan fingerprint density at radius 3 is 2.54 bits per heavy atom. The summed E-state index contributed by atoms with van der Waals surface area (Å²) in [4.78, 5) is 13.4. The summed E-state index contributed by atoms with van der Waals surface area (Å²) in [6.07, 6.45) is 0.0496. The van der Waals surface area contributed by atoms with E-state index in [0.717, 1.165) is 5.75 Å². The molecule has 5 heteroatoms. The lowest BCUT2D eigenvalue weighted by Gasteiger charge is -2.14. The van der Waals surface area contributed by atoms with Crippen LogP contribution in [0.15, 0.2) is 53.4 Å². The SMILES string of the molecule is COc1cc(C(=O)NCCSc2ccccc2)ccc1OC(C)C. The monoisotopic (exact) mass is 345 g/mol. The van der Waals surface area contributed by atoms with Gasteiger partial charge in [-0.15, -0.1) is 11.8 Å². The van der Waals surface area contributed by atoms with Gasteiger partial charge in [0, 0.05) is 22.8 Å². The minimum absolute atomic E-state index is 0.0496. The van der Waals surface area contributed by atoms with Crippen LogP contribution in [0.2, 0.25) is 0 Å². The molecule has 24 heavy (non-hydrogen) atoms. The normalized spacial score (nSPS) is 10.5. The molecular weight excluding hydrogens is 322 g/mol. The van der Waals surface area contributed by atoms with Crippen LogP contribution in [0.1, 0.15) is 24.2 Å². The fraction of sp³-hybridized carbons (Fsp3) is 0.316. The lowest BCUT2D eigenvalue weighted by molar-refractivity contribution is 0.0955. The molecule has 0 spiro atoms. The van der Waals surface area contributed by atoms with E-state index in [9.17, 15) is 4.79 Å². The zero-order valence-corrected chi connectivity index (χ0v) is 15.1. The summed E-state index contributed by atoms with van der Waals surface area (Å²) >= 11 is 1.72. The molecule has 0 aliphatic carbocycles. The minimum Gasteiger partial charge on any atom is -0.493 e. The van der Waals surface area contributed by atoms with Crippen LogP contribution in [-0.4, -0.2) is 31.4 Å². The molecule has 0 atom stereocenters. The Bertz CT molecular complexity index is 659. The van der Waals surface area contributed by atoms with Gasteiger partial charge in [0.1, 0.15) is 0 Å². The summed E-state index contributed by atoms with van der Waals surface area (Å²) in [6.45, 7) is 4.50. The molecule has 2 aromatic rings. The number of rotatable bonds is 8. The van der Waals surface area contributed by atoms with Gasteiger partial charge in [-0.25, -0.2) is 0 Å². The van der Waals surface area contributed by atoms with E-state index in [2.05, 4.69) is 17.4 Å². The van der Waals surface area contributed by atoms with Gasteiger partial charge in [0.15, 0.2) is 11.5 Å². The first-order chi connectivity index (χ1) is 11.6. The van der Waals surface area contributed by atoms with E-state index in [4.69, 9.17) is 9.47 Å². The highest BCUT2D eigenvalue weighted by Gasteiger charge is 2.11. The molecule has 0 aliphatic rings. The summed E-state index contributed by atoms with van der Waals surface area (Å²) in [7, 11) is 1.57. The maximum Gasteiger partial charge on any atom is 0.251 e. The zero-order valence-electron chi connectivity index (χ0n) is 14.2. The van der Waals surface area contributed by atoms with Gasteiger partial charge >= 0.3 is 0 Å². The van der Waals surface area contributed by atoms with Crippen molar-refractivity contribution in [3.05, 3.63) is 54.1 Å². The number of hydrogen-bond donors (Lipinski definition) is 1. The molecule has 128 valence electrons. The highest BCUT2D eigenvalue weighted by Crippen LogP contribution is 2.29. The smallest absolute Gasteiger partial charge is 0.251 e. The number of methoxy groups -OCH3 is 1. The number of amides is 1. The average Bonchev–Trinajstić information content (AvgIpc) is 2.59. The maximum atomic E-state index is 12.2. The largest absolute Gasteiger partial charge is 0.493 e. The molecule has 0 saturated heterocycles. The van der Waals surface area contributed by atoms with Gasteiger partial charge in [-0.2, -0.15) is 0 Å². The number of hydrogen-bond acceptors (Lipinski definition) is 4. The molecule has 2 rings (SSSR count).